The number of nitro groups is 1. The van der Waals surface area contributed by atoms with Crippen LogP contribution in [0.4, 0.5) is 17.1 Å². The molecule has 0 atom stereocenters. The second-order valence-corrected chi connectivity index (χ2v) is 7.47. The summed E-state index contributed by atoms with van der Waals surface area (Å²) in [6.07, 6.45) is 3.33. The lowest BCUT2D eigenvalue weighted by Gasteiger charge is -2.36. The van der Waals surface area contributed by atoms with Crippen molar-refractivity contribution in [1.29, 1.82) is 0 Å². The molecule has 0 bridgehead atoms. The molecule has 1 saturated heterocycles. The van der Waals surface area contributed by atoms with Gasteiger partial charge in [0.25, 0.3) is 5.69 Å². The van der Waals surface area contributed by atoms with Gasteiger partial charge in [0.2, 0.25) is 11.8 Å². The Bertz CT molecular complexity index is 999. The summed E-state index contributed by atoms with van der Waals surface area (Å²) in [5, 5.41) is 13.8. The van der Waals surface area contributed by atoms with Crippen LogP contribution < -0.4 is 10.2 Å². The van der Waals surface area contributed by atoms with E-state index >= 15 is 0 Å². The predicted octanol–water partition coefficient (Wildman–Crippen LogP) is 3.96. The largest absolute Gasteiger partial charge is 0.368 e. The quantitative estimate of drug-likeness (QED) is 0.415. The maximum absolute atomic E-state index is 12.2. The van der Waals surface area contributed by atoms with Crippen LogP contribution in [0.1, 0.15) is 18.9 Å². The van der Waals surface area contributed by atoms with Crippen LogP contribution in [0.15, 0.2) is 48.5 Å². The van der Waals surface area contributed by atoms with Crippen molar-refractivity contribution in [2.24, 2.45) is 0 Å². The van der Waals surface area contributed by atoms with Crippen molar-refractivity contribution in [2.75, 3.05) is 36.4 Å². The highest BCUT2D eigenvalue weighted by atomic mass is 35.5. The molecule has 0 saturated carbocycles. The van der Waals surface area contributed by atoms with Gasteiger partial charge in [-0.05, 0) is 42.0 Å². The van der Waals surface area contributed by atoms with Gasteiger partial charge in [-0.2, -0.15) is 0 Å². The summed E-state index contributed by atoms with van der Waals surface area (Å²) in [6.45, 7) is 4.83. The highest BCUT2D eigenvalue weighted by Crippen LogP contribution is 2.25. The first kappa shape index (κ1) is 22.3. The van der Waals surface area contributed by atoms with E-state index in [1.54, 1.807) is 6.07 Å². The highest BCUT2D eigenvalue weighted by Gasteiger charge is 2.20. The molecule has 2 aromatic carbocycles. The number of nitrogens with zero attached hydrogens (tertiary/aromatic N) is 3. The lowest BCUT2D eigenvalue weighted by molar-refractivity contribution is -0.384. The summed E-state index contributed by atoms with van der Waals surface area (Å²) >= 11 is 5.79. The van der Waals surface area contributed by atoms with Gasteiger partial charge in [0.15, 0.2) is 0 Å². The third-order valence-electron chi connectivity index (χ3n) is 5.03. The van der Waals surface area contributed by atoms with E-state index < -0.39 is 4.92 Å². The number of carbonyl (C=O) groups is 2. The fraction of sp³-hybridized carbons (Fsp3) is 0.273. The minimum Gasteiger partial charge on any atom is -0.368 e. The number of rotatable bonds is 6. The van der Waals surface area contributed by atoms with E-state index in [-0.39, 0.29) is 22.5 Å². The van der Waals surface area contributed by atoms with Crippen LogP contribution in [0.25, 0.3) is 6.08 Å². The van der Waals surface area contributed by atoms with Crippen molar-refractivity contribution in [3.8, 4) is 0 Å². The third kappa shape index (κ3) is 5.82. The summed E-state index contributed by atoms with van der Waals surface area (Å²) in [5.41, 5.74) is 1.97. The normalized spacial score (nSPS) is 14.0. The number of benzene rings is 2. The molecule has 8 nitrogen and oxygen atoms in total. The summed E-state index contributed by atoms with van der Waals surface area (Å²) < 4.78 is 0. The van der Waals surface area contributed by atoms with E-state index in [0.717, 1.165) is 18.8 Å². The number of amides is 2. The molecule has 1 N–H and O–H groups in total. The zero-order chi connectivity index (χ0) is 22.4. The van der Waals surface area contributed by atoms with Crippen LogP contribution in [-0.2, 0) is 9.59 Å². The predicted molar refractivity (Wildman–Crippen MR) is 121 cm³/mol. The Kier molecular flexibility index (Phi) is 7.25. The Balaban J connectivity index is 1.56. The number of nitro benzene ring substituents is 1. The first-order valence-electron chi connectivity index (χ1n) is 9.93. The van der Waals surface area contributed by atoms with Gasteiger partial charge in [0, 0.05) is 56.1 Å². The standard InChI is InChI=1S/C22H23ClN4O4/c1-2-22(29)26-13-11-25(12-14-26)18-7-5-17(6-8-18)24-21(28)10-4-16-3-9-19(23)20(15-16)27(30)31/h3-10,15H,2,11-14H2,1H3,(H,24,28). The minimum absolute atomic E-state index is 0.0464. The molecule has 0 unspecified atom stereocenters. The Morgan fingerprint density at radius 3 is 2.42 bits per heavy atom. The molecule has 0 aliphatic carbocycles. The molecule has 3 rings (SSSR count). The number of hydrogen-bond donors (Lipinski definition) is 1. The Morgan fingerprint density at radius 1 is 1.13 bits per heavy atom. The second-order valence-electron chi connectivity index (χ2n) is 7.06. The van der Waals surface area contributed by atoms with Gasteiger partial charge in [-0.15, -0.1) is 0 Å². The van der Waals surface area contributed by atoms with Crippen LogP contribution in [-0.4, -0.2) is 47.8 Å². The first-order chi connectivity index (χ1) is 14.9. The van der Waals surface area contributed by atoms with E-state index in [4.69, 9.17) is 11.6 Å². The van der Waals surface area contributed by atoms with E-state index in [9.17, 15) is 19.7 Å². The Hall–Kier alpha value is -3.39. The monoisotopic (exact) mass is 442 g/mol. The van der Waals surface area contributed by atoms with Crippen molar-refractivity contribution in [3.05, 3.63) is 69.2 Å². The van der Waals surface area contributed by atoms with Crippen molar-refractivity contribution in [1.82, 2.24) is 4.90 Å². The lowest BCUT2D eigenvalue weighted by atomic mass is 10.2. The van der Waals surface area contributed by atoms with E-state index in [0.29, 0.717) is 30.8 Å². The molecule has 31 heavy (non-hydrogen) atoms. The number of anilines is 2. The molecule has 1 aliphatic heterocycles. The van der Waals surface area contributed by atoms with Crippen LogP contribution in [0.3, 0.4) is 0 Å². The molecule has 1 fully saturated rings. The fourth-order valence-corrected chi connectivity index (χ4v) is 3.51. The lowest BCUT2D eigenvalue weighted by Crippen LogP contribution is -2.48. The minimum atomic E-state index is -0.567. The number of piperazine rings is 1. The highest BCUT2D eigenvalue weighted by molar-refractivity contribution is 6.32. The SMILES string of the molecule is CCC(=O)N1CCN(c2ccc(NC(=O)C=Cc3ccc(Cl)c([N+](=O)[O-])c3)cc2)CC1. The summed E-state index contributed by atoms with van der Waals surface area (Å²) in [4.78, 5) is 38.4. The number of halogens is 1. The Labute approximate surface area is 185 Å². The van der Waals surface area contributed by atoms with Crippen molar-refractivity contribution >= 4 is 46.6 Å². The molecule has 0 aromatic heterocycles. The number of carbonyl (C=O) groups excluding carboxylic acids is 2. The van der Waals surface area contributed by atoms with Gasteiger partial charge in [-0.1, -0.05) is 24.6 Å². The maximum atomic E-state index is 12.2. The van der Waals surface area contributed by atoms with E-state index in [1.165, 1.54) is 24.3 Å². The van der Waals surface area contributed by atoms with Gasteiger partial charge in [0.1, 0.15) is 5.02 Å². The van der Waals surface area contributed by atoms with Crippen LogP contribution in [0.5, 0.6) is 0 Å². The van der Waals surface area contributed by atoms with E-state index in [2.05, 4.69) is 10.2 Å². The molecular weight excluding hydrogens is 420 g/mol. The van der Waals surface area contributed by atoms with Gasteiger partial charge < -0.3 is 15.1 Å². The third-order valence-corrected chi connectivity index (χ3v) is 5.35. The summed E-state index contributed by atoms with van der Waals surface area (Å²) in [5.74, 6) is -0.170. The van der Waals surface area contributed by atoms with Crippen LogP contribution in [0, 0.1) is 10.1 Å². The Morgan fingerprint density at radius 2 is 1.81 bits per heavy atom. The zero-order valence-corrected chi connectivity index (χ0v) is 17.8. The van der Waals surface area contributed by atoms with Crippen molar-refractivity contribution in [3.63, 3.8) is 0 Å². The van der Waals surface area contributed by atoms with Gasteiger partial charge in [0.05, 0.1) is 4.92 Å². The van der Waals surface area contributed by atoms with Crippen molar-refractivity contribution in [2.45, 2.75) is 13.3 Å². The maximum Gasteiger partial charge on any atom is 0.288 e. The summed E-state index contributed by atoms with van der Waals surface area (Å²) in [6, 6.07) is 11.8. The molecule has 9 heteroatoms. The molecule has 162 valence electrons. The zero-order valence-electron chi connectivity index (χ0n) is 17.1. The number of nitrogens with one attached hydrogen (secondary N) is 1. The molecular formula is C22H23ClN4O4. The number of hydrogen-bond acceptors (Lipinski definition) is 5. The summed E-state index contributed by atoms with van der Waals surface area (Å²) in [7, 11) is 0. The first-order valence-corrected chi connectivity index (χ1v) is 10.3. The van der Waals surface area contributed by atoms with Gasteiger partial charge >= 0.3 is 0 Å². The molecule has 1 aliphatic rings. The average Bonchev–Trinajstić information content (AvgIpc) is 2.78. The molecule has 0 spiro atoms. The molecule has 2 aromatic rings. The molecule has 1 heterocycles. The smallest absolute Gasteiger partial charge is 0.288 e. The van der Waals surface area contributed by atoms with Crippen LogP contribution in [0.2, 0.25) is 5.02 Å². The topological polar surface area (TPSA) is 95.8 Å². The second kappa shape index (κ2) is 10.1. The molecule has 2 amide bonds. The van der Waals surface area contributed by atoms with Gasteiger partial charge in [-0.3, -0.25) is 19.7 Å². The van der Waals surface area contributed by atoms with Gasteiger partial charge in [-0.25, -0.2) is 0 Å². The van der Waals surface area contributed by atoms with E-state index in [1.807, 2.05) is 36.1 Å². The molecule has 0 radical (unpaired) electrons. The van der Waals surface area contributed by atoms with Crippen molar-refractivity contribution < 1.29 is 14.5 Å². The fourth-order valence-electron chi connectivity index (χ4n) is 3.32. The average molecular weight is 443 g/mol. The van der Waals surface area contributed by atoms with Crippen LogP contribution >= 0.6 is 11.6 Å².